The molecule has 36 heavy (non-hydrogen) atoms. The quantitative estimate of drug-likeness (QED) is 0.363. The average Bonchev–Trinajstić information content (AvgIpc) is 2.68. The fourth-order valence-corrected chi connectivity index (χ4v) is 4.08. The largest absolute Gasteiger partial charge is 0.507 e. The van der Waals surface area contributed by atoms with E-state index in [1.54, 1.807) is 24.3 Å². The molecule has 0 atom stereocenters. The molecule has 198 valence electrons. The number of carbonyl (C=O) groups excluding carboxylic acids is 2. The van der Waals surface area contributed by atoms with Gasteiger partial charge in [-0.1, -0.05) is 83.1 Å². The number of phenols is 2. The van der Waals surface area contributed by atoms with Gasteiger partial charge < -0.3 is 10.2 Å². The second-order valence-electron chi connectivity index (χ2n) is 13.7. The van der Waals surface area contributed by atoms with Crippen molar-refractivity contribution in [3.63, 3.8) is 0 Å². The predicted octanol–water partition coefficient (Wildman–Crippen LogP) is 6.36. The Labute approximate surface area is 216 Å². The molecule has 4 N–H and O–H groups in total. The SMILES string of the molecule is CC(C)(C)c1cc(C(=O)NNC(=O)c2cc(C(C)(C)C)c(O)c(C(C)(C)C)c2)cc(C(C)(C)C)c1O. The smallest absolute Gasteiger partial charge is 0.269 e. The summed E-state index contributed by atoms with van der Waals surface area (Å²) in [6.45, 7) is 23.7. The van der Waals surface area contributed by atoms with E-state index >= 15 is 0 Å². The Morgan fingerprint density at radius 1 is 0.500 bits per heavy atom. The van der Waals surface area contributed by atoms with Crippen LogP contribution in [-0.2, 0) is 21.7 Å². The molecule has 0 aromatic heterocycles. The van der Waals surface area contributed by atoms with E-state index in [2.05, 4.69) is 10.9 Å². The molecule has 0 aliphatic carbocycles. The highest BCUT2D eigenvalue weighted by molar-refractivity contribution is 6.00. The maximum absolute atomic E-state index is 13.1. The first-order valence-corrected chi connectivity index (χ1v) is 12.4. The van der Waals surface area contributed by atoms with Gasteiger partial charge >= 0.3 is 0 Å². The van der Waals surface area contributed by atoms with Gasteiger partial charge in [-0.3, -0.25) is 20.4 Å². The maximum atomic E-state index is 13.1. The second kappa shape index (κ2) is 9.45. The lowest BCUT2D eigenvalue weighted by Gasteiger charge is -2.28. The number of phenolic OH excluding ortho intramolecular Hbond substituents is 2. The van der Waals surface area contributed by atoms with Crippen molar-refractivity contribution in [2.45, 2.75) is 105 Å². The summed E-state index contributed by atoms with van der Waals surface area (Å²) < 4.78 is 0. The van der Waals surface area contributed by atoms with E-state index in [1.807, 2.05) is 83.1 Å². The highest BCUT2D eigenvalue weighted by atomic mass is 16.3. The summed E-state index contributed by atoms with van der Waals surface area (Å²) in [6.07, 6.45) is 0. The molecule has 0 radical (unpaired) electrons. The lowest BCUT2D eigenvalue weighted by molar-refractivity contribution is 0.0846. The Bertz CT molecular complexity index is 1000. The second-order valence-corrected chi connectivity index (χ2v) is 13.7. The van der Waals surface area contributed by atoms with Gasteiger partial charge in [0.25, 0.3) is 11.8 Å². The van der Waals surface area contributed by atoms with Crippen LogP contribution in [0, 0.1) is 0 Å². The molecule has 2 aromatic rings. The van der Waals surface area contributed by atoms with E-state index in [9.17, 15) is 19.8 Å². The molecular formula is C30H44N2O4. The van der Waals surface area contributed by atoms with Gasteiger partial charge in [-0.25, -0.2) is 0 Å². The molecule has 0 heterocycles. The van der Waals surface area contributed by atoms with Crippen LogP contribution in [0.1, 0.15) is 126 Å². The summed E-state index contributed by atoms with van der Waals surface area (Å²) in [5.74, 6) is -0.594. The molecule has 2 aromatic carbocycles. The van der Waals surface area contributed by atoms with Crippen LogP contribution < -0.4 is 10.9 Å². The van der Waals surface area contributed by atoms with Crippen molar-refractivity contribution in [1.29, 1.82) is 0 Å². The first kappa shape index (κ1) is 29.2. The lowest BCUT2D eigenvalue weighted by Crippen LogP contribution is -2.42. The van der Waals surface area contributed by atoms with Crippen LogP contribution in [0.2, 0.25) is 0 Å². The van der Waals surface area contributed by atoms with Gasteiger partial charge in [-0.15, -0.1) is 0 Å². The van der Waals surface area contributed by atoms with Crippen molar-refractivity contribution in [1.82, 2.24) is 10.9 Å². The number of hydrogen-bond acceptors (Lipinski definition) is 4. The maximum Gasteiger partial charge on any atom is 0.269 e. The molecule has 0 unspecified atom stereocenters. The number of hydrazine groups is 1. The Morgan fingerprint density at radius 3 is 0.861 bits per heavy atom. The molecule has 0 bridgehead atoms. The Balaban J connectivity index is 2.44. The van der Waals surface area contributed by atoms with Crippen LogP contribution >= 0.6 is 0 Å². The van der Waals surface area contributed by atoms with Crippen molar-refractivity contribution in [2.24, 2.45) is 0 Å². The number of carbonyl (C=O) groups is 2. The third-order valence-electron chi connectivity index (χ3n) is 6.27. The molecule has 0 saturated carbocycles. The van der Waals surface area contributed by atoms with Crippen LogP contribution in [0.25, 0.3) is 0 Å². The van der Waals surface area contributed by atoms with Gasteiger partial charge in [-0.05, 0) is 45.9 Å². The summed E-state index contributed by atoms with van der Waals surface area (Å²) in [6, 6.07) is 6.67. The van der Waals surface area contributed by atoms with Crippen LogP contribution in [0.3, 0.4) is 0 Å². The summed E-state index contributed by atoms with van der Waals surface area (Å²) >= 11 is 0. The number of amides is 2. The molecule has 0 aliphatic rings. The van der Waals surface area contributed by atoms with Gasteiger partial charge in [0, 0.05) is 33.4 Å². The first-order valence-electron chi connectivity index (χ1n) is 12.4. The molecule has 6 heteroatoms. The number of hydrogen-bond donors (Lipinski definition) is 4. The van der Waals surface area contributed by atoms with Crippen LogP contribution in [0.4, 0.5) is 0 Å². The number of rotatable bonds is 2. The standard InChI is InChI=1S/C30H44N2O4/c1-27(2,3)19-13-17(14-20(23(19)33)28(4,5)6)25(35)31-32-26(36)18-15-21(29(7,8)9)24(34)22(16-18)30(10,11)12/h13-16,33-34H,1-12H3,(H,31,35)(H,32,36). The number of nitrogens with one attached hydrogen (secondary N) is 2. The van der Waals surface area contributed by atoms with E-state index in [0.717, 1.165) is 0 Å². The van der Waals surface area contributed by atoms with Gasteiger partial charge in [-0.2, -0.15) is 0 Å². The third-order valence-corrected chi connectivity index (χ3v) is 6.27. The molecule has 2 amide bonds. The van der Waals surface area contributed by atoms with E-state index in [-0.39, 0.29) is 33.2 Å². The molecule has 0 saturated heterocycles. The van der Waals surface area contributed by atoms with Crippen molar-refractivity contribution in [2.75, 3.05) is 0 Å². The predicted molar refractivity (Wildman–Crippen MR) is 146 cm³/mol. The van der Waals surface area contributed by atoms with Gasteiger partial charge in [0.1, 0.15) is 11.5 Å². The Morgan fingerprint density at radius 2 is 0.694 bits per heavy atom. The fourth-order valence-electron chi connectivity index (χ4n) is 4.08. The zero-order chi connectivity index (χ0) is 28.0. The topological polar surface area (TPSA) is 98.7 Å². The zero-order valence-corrected chi connectivity index (χ0v) is 24.0. The minimum atomic E-state index is -0.481. The van der Waals surface area contributed by atoms with Gasteiger partial charge in [0.2, 0.25) is 0 Å². The normalized spacial score (nSPS) is 12.9. The minimum Gasteiger partial charge on any atom is -0.507 e. The molecule has 0 aliphatic heterocycles. The number of aromatic hydroxyl groups is 2. The summed E-state index contributed by atoms with van der Waals surface area (Å²) in [5, 5.41) is 21.8. The summed E-state index contributed by atoms with van der Waals surface area (Å²) in [5.41, 5.74) is 6.84. The number of benzene rings is 2. The fraction of sp³-hybridized carbons (Fsp3) is 0.533. The summed E-state index contributed by atoms with van der Waals surface area (Å²) in [7, 11) is 0. The molecule has 0 fully saturated rings. The molecule has 0 spiro atoms. The zero-order valence-electron chi connectivity index (χ0n) is 24.0. The van der Waals surface area contributed by atoms with Crippen LogP contribution in [0.5, 0.6) is 11.5 Å². The van der Waals surface area contributed by atoms with Crippen LogP contribution in [0.15, 0.2) is 24.3 Å². The van der Waals surface area contributed by atoms with Crippen LogP contribution in [-0.4, -0.2) is 22.0 Å². The average molecular weight is 497 g/mol. The first-order chi connectivity index (χ1) is 16.0. The van der Waals surface area contributed by atoms with Crippen molar-refractivity contribution < 1.29 is 19.8 Å². The minimum absolute atomic E-state index is 0.184. The highest BCUT2D eigenvalue weighted by Gasteiger charge is 2.29. The van der Waals surface area contributed by atoms with Crippen molar-refractivity contribution in [3.05, 3.63) is 57.6 Å². The van der Waals surface area contributed by atoms with E-state index in [1.165, 1.54) is 0 Å². The molecule has 2 rings (SSSR count). The lowest BCUT2D eigenvalue weighted by atomic mass is 9.78. The van der Waals surface area contributed by atoms with E-state index < -0.39 is 11.8 Å². The third kappa shape index (κ3) is 6.40. The summed E-state index contributed by atoms with van der Waals surface area (Å²) in [4.78, 5) is 26.2. The monoisotopic (exact) mass is 496 g/mol. The van der Waals surface area contributed by atoms with E-state index in [0.29, 0.717) is 33.4 Å². The van der Waals surface area contributed by atoms with Gasteiger partial charge in [0.15, 0.2) is 0 Å². The molecule has 6 nitrogen and oxygen atoms in total. The highest BCUT2D eigenvalue weighted by Crippen LogP contribution is 2.41. The van der Waals surface area contributed by atoms with Crippen molar-refractivity contribution >= 4 is 11.8 Å². The van der Waals surface area contributed by atoms with Crippen molar-refractivity contribution in [3.8, 4) is 11.5 Å². The van der Waals surface area contributed by atoms with E-state index in [4.69, 9.17) is 0 Å². The Hall–Kier alpha value is -3.02. The Kier molecular flexibility index (Phi) is 7.67. The van der Waals surface area contributed by atoms with Gasteiger partial charge in [0.05, 0.1) is 0 Å². The molecular weight excluding hydrogens is 452 g/mol.